The summed E-state index contributed by atoms with van der Waals surface area (Å²) in [5, 5.41) is 4.84. The summed E-state index contributed by atoms with van der Waals surface area (Å²) in [7, 11) is 0. The molecule has 0 aromatic heterocycles. The lowest BCUT2D eigenvalue weighted by atomic mass is 9.97. The van der Waals surface area contributed by atoms with Crippen LogP contribution >= 0.6 is 23.2 Å². The van der Waals surface area contributed by atoms with Crippen molar-refractivity contribution < 1.29 is 4.74 Å². The van der Waals surface area contributed by atoms with E-state index in [-0.39, 0.29) is 12.3 Å². The summed E-state index contributed by atoms with van der Waals surface area (Å²) < 4.78 is 6.37. The van der Waals surface area contributed by atoms with Gasteiger partial charge in [-0.15, -0.1) is 0 Å². The van der Waals surface area contributed by atoms with E-state index in [1.165, 1.54) is 0 Å². The summed E-state index contributed by atoms with van der Waals surface area (Å²) in [6, 6.07) is 23.7. The fourth-order valence-electron chi connectivity index (χ4n) is 2.95. The first-order valence-electron chi connectivity index (χ1n) is 7.72. The maximum Gasteiger partial charge on any atom is 0.155 e. The lowest BCUT2D eigenvalue weighted by Crippen LogP contribution is -2.25. The third-order valence-corrected chi connectivity index (χ3v) is 4.62. The molecule has 1 aliphatic heterocycles. The van der Waals surface area contributed by atoms with E-state index in [0.717, 1.165) is 22.4 Å². The normalized spacial score (nSPS) is 19.4. The van der Waals surface area contributed by atoms with Crippen molar-refractivity contribution in [1.82, 2.24) is 0 Å². The van der Waals surface area contributed by atoms with Crippen molar-refractivity contribution in [2.45, 2.75) is 12.3 Å². The number of hydrogen-bond donors (Lipinski definition) is 1. The molecule has 0 bridgehead atoms. The molecule has 0 saturated carbocycles. The molecular weight excluding hydrogens is 341 g/mol. The Morgan fingerprint density at radius 2 is 1.46 bits per heavy atom. The Kier molecular flexibility index (Phi) is 4.19. The summed E-state index contributed by atoms with van der Waals surface area (Å²) in [6.07, 6.45) is -0.428. The number of ether oxygens (including phenoxy) is 1. The number of hydrogen-bond acceptors (Lipinski definition) is 2. The quantitative estimate of drug-likeness (QED) is 0.588. The molecule has 2 atom stereocenters. The molecule has 4 heteroatoms. The second kappa shape index (κ2) is 6.48. The molecule has 3 aromatic carbocycles. The Balaban J connectivity index is 1.77. The van der Waals surface area contributed by atoms with Gasteiger partial charge in [0.1, 0.15) is 6.10 Å². The second-order valence-corrected chi connectivity index (χ2v) is 6.61. The molecule has 0 spiro atoms. The van der Waals surface area contributed by atoms with Gasteiger partial charge in [0.25, 0.3) is 0 Å². The lowest BCUT2D eigenvalue weighted by molar-refractivity contribution is 0.0157. The van der Waals surface area contributed by atoms with Crippen LogP contribution in [0.15, 0.2) is 72.8 Å². The third kappa shape index (κ3) is 3.01. The minimum Gasteiger partial charge on any atom is -0.356 e. The maximum absolute atomic E-state index is 6.37. The van der Waals surface area contributed by atoms with Gasteiger partial charge in [0.15, 0.2) is 6.23 Å². The van der Waals surface area contributed by atoms with Crippen LogP contribution in [0.3, 0.4) is 0 Å². The summed E-state index contributed by atoms with van der Waals surface area (Å²) >= 11 is 12.2. The minimum atomic E-state index is -0.249. The summed E-state index contributed by atoms with van der Waals surface area (Å²) in [5.41, 5.74) is 4.20. The van der Waals surface area contributed by atoms with Crippen molar-refractivity contribution in [3.8, 4) is 0 Å². The zero-order valence-electron chi connectivity index (χ0n) is 12.7. The smallest absolute Gasteiger partial charge is 0.155 e. The molecule has 120 valence electrons. The van der Waals surface area contributed by atoms with Gasteiger partial charge in [-0.3, -0.25) is 0 Å². The fraction of sp³-hybridized carbons (Fsp3) is 0.100. The topological polar surface area (TPSA) is 21.3 Å². The molecule has 0 aliphatic carbocycles. The summed E-state index contributed by atoms with van der Waals surface area (Å²) in [4.78, 5) is 0. The van der Waals surface area contributed by atoms with Gasteiger partial charge in [-0.05, 0) is 35.9 Å². The number of nitrogens with one attached hydrogen (secondary N) is 1. The van der Waals surface area contributed by atoms with Gasteiger partial charge in [0.2, 0.25) is 0 Å². The monoisotopic (exact) mass is 355 g/mol. The molecule has 3 aromatic rings. The van der Waals surface area contributed by atoms with Crippen molar-refractivity contribution in [2.24, 2.45) is 0 Å². The highest BCUT2D eigenvalue weighted by Gasteiger charge is 2.29. The molecule has 1 N–H and O–H groups in total. The molecule has 1 aliphatic rings. The molecule has 0 amide bonds. The summed E-state index contributed by atoms with van der Waals surface area (Å²) in [5.74, 6) is 0. The van der Waals surface area contributed by atoms with Crippen LogP contribution in [0.25, 0.3) is 0 Å². The molecule has 0 saturated heterocycles. The molecule has 2 nitrogen and oxygen atoms in total. The second-order valence-electron chi connectivity index (χ2n) is 5.73. The first-order chi connectivity index (χ1) is 11.7. The SMILES string of the molecule is Clc1ccc([C@H]2Nc3ccc(Cl)cc3[C@H](c3ccccc3)O2)cc1. The first kappa shape index (κ1) is 15.5. The van der Waals surface area contributed by atoms with Crippen molar-refractivity contribution in [2.75, 3.05) is 5.32 Å². The maximum atomic E-state index is 6.37. The molecule has 0 fully saturated rings. The Morgan fingerprint density at radius 3 is 2.21 bits per heavy atom. The number of halogens is 2. The van der Waals surface area contributed by atoms with E-state index in [1.807, 2.05) is 60.7 Å². The standard InChI is InChI=1S/C20H15Cl2NO/c21-15-8-6-14(7-9-15)20-23-18-11-10-16(22)12-17(18)19(24-20)13-4-2-1-3-5-13/h1-12,19-20,23H/t19-,20-/m0/s1. The zero-order chi connectivity index (χ0) is 16.5. The van der Waals surface area contributed by atoms with Gasteiger partial charge in [0.05, 0.1) is 0 Å². The van der Waals surface area contributed by atoms with Crippen molar-refractivity contribution in [1.29, 1.82) is 0 Å². The van der Waals surface area contributed by atoms with Gasteiger partial charge in [0, 0.05) is 26.9 Å². The van der Waals surface area contributed by atoms with Crippen LogP contribution in [-0.4, -0.2) is 0 Å². The molecule has 4 rings (SSSR count). The zero-order valence-corrected chi connectivity index (χ0v) is 14.3. The molecule has 0 unspecified atom stereocenters. The number of fused-ring (bicyclic) bond motifs is 1. The predicted octanol–water partition coefficient (Wildman–Crippen LogP) is 6.22. The van der Waals surface area contributed by atoms with E-state index < -0.39 is 0 Å². The van der Waals surface area contributed by atoms with Gasteiger partial charge < -0.3 is 10.1 Å². The van der Waals surface area contributed by atoms with Gasteiger partial charge in [-0.1, -0.05) is 65.7 Å². The van der Waals surface area contributed by atoms with Crippen LogP contribution in [0.4, 0.5) is 5.69 Å². The number of benzene rings is 3. The molecular formula is C20H15Cl2NO. The van der Waals surface area contributed by atoms with Crippen molar-refractivity contribution in [3.05, 3.63) is 99.5 Å². The Morgan fingerprint density at radius 1 is 0.750 bits per heavy atom. The van der Waals surface area contributed by atoms with Crippen molar-refractivity contribution in [3.63, 3.8) is 0 Å². The van der Waals surface area contributed by atoms with E-state index >= 15 is 0 Å². The largest absolute Gasteiger partial charge is 0.356 e. The van der Waals surface area contributed by atoms with E-state index in [1.54, 1.807) is 0 Å². The Bertz CT molecular complexity index is 849. The molecule has 1 heterocycles. The van der Waals surface area contributed by atoms with Crippen LogP contribution in [0, 0.1) is 0 Å². The highest BCUT2D eigenvalue weighted by molar-refractivity contribution is 6.31. The third-order valence-electron chi connectivity index (χ3n) is 4.13. The summed E-state index contributed by atoms with van der Waals surface area (Å²) in [6.45, 7) is 0. The van der Waals surface area contributed by atoms with Gasteiger partial charge >= 0.3 is 0 Å². The Labute approximate surface area is 151 Å². The highest BCUT2D eigenvalue weighted by Crippen LogP contribution is 2.42. The van der Waals surface area contributed by atoms with E-state index in [0.29, 0.717) is 10.0 Å². The van der Waals surface area contributed by atoms with Crippen LogP contribution in [0.5, 0.6) is 0 Å². The molecule has 24 heavy (non-hydrogen) atoms. The first-order valence-corrected chi connectivity index (χ1v) is 8.48. The van der Waals surface area contributed by atoms with Crippen LogP contribution < -0.4 is 5.32 Å². The van der Waals surface area contributed by atoms with E-state index in [9.17, 15) is 0 Å². The van der Waals surface area contributed by atoms with Gasteiger partial charge in [-0.2, -0.15) is 0 Å². The number of anilines is 1. The van der Waals surface area contributed by atoms with E-state index in [4.69, 9.17) is 27.9 Å². The Hall–Kier alpha value is -2.00. The van der Waals surface area contributed by atoms with Gasteiger partial charge in [-0.25, -0.2) is 0 Å². The predicted molar refractivity (Wildman–Crippen MR) is 98.6 cm³/mol. The number of rotatable bonds is 2. The van der Waals surface area contributed by atoms with Crippen LogP contribution in [0.2, 0.25) is 10.0 Å². The average Bonchev–Trinajstić information content (AvgIpc) is 2.62. The van der Waals surface area contributed by atoms with E-state index in [2.05, 4.69) is 17.4 Å². The van der Waals surface area contributed by atoms with Crippen molar-refractivity contribution >= 4 is 28.9 Å². The van der Waals surface area contributed by atoms with Crippen LogP contribution in [0.1, 0.15) is 29.0 Å². The van der Waals surface area contributed by atoms with Crippen LogP contribution in [-0.2, 0) is 4.74 Å². The minimum absolute atomic E-state index is 0.179. The average molecular weight is 356 g/mol. The fourth-order valence-corrected chi connectivity index (χ4v) is 3.26. The highest BCUT2D eigenvalue weighted by atomic mass is 35.5. The molecule has 0 radical (unpaired) electrons. The lowest BCUT2D eigenvalue weighted by Gasteiger charge is -2.34.